The van der Waals surface area contributed by atoms with Crippen LogP contribution in [-0.2, 0) is 4.74 Å². The summed E-state index contributed by atoms with van der Waals surface area (Å²) in [5, 5.41) is 0. The molecule has 2 aromatic rings. The fraction of sp³-hybridized carbons (Fsp3) is 0.381. The number of methoxy groups -OCH3 is 1. The van der Waals surface area contributed by atoms with Crippen molar-refractivity contribution in [1.82, 2.24) is 4.90 Å². The first-order valence-electron chi connectivity index (χ1n) is 9.25. The number of carbonyl (C=O) groups excluding carboxylic acids is 1. The van der Waals surface area contributed by atoms with Crippen LogP contribution in [0.2, 0.25) is 0 Å². The highest BCUT2D eigenvalue weighted by Gasteiger charge is 2.33. The van der Waals surface area contributed by atoms with Gasteiger partial charge in [-0.25, -0.2) is 9.18 Å². The summed E-state index contributed by atoms with van der Waals surface area (Å²) in [5.74, 6) is 1.99. The van der Waals surface area contributed by atoms with Crippen molar-refractivity contribution < 1.29 is 28.1 Å². The molecule has 4 rings (SSSR count). The van der Waals surface area contributed by atoms with Gasteiger partial charge in [0.05, 0.1) is 13.7 Å². The van der Waals surface area contributed by atoms with Crippen LogP contribution >= 0.6 is 0 Å². The Morgan fingerprint density at radius 3 is 2.75 bits per heavy atom. The Balaban J connectivity index is 1.50. The predicted octanol–water partition coefficient (Wildman–Crippen LogP) is 3.81. The van der Waals surface area contributed by atoms with Gasteiger partial charge in [0.25, 0.3) is 0 Å². The number of hydrogen-bond donors (Lipinski definition) is 0. The molecule has 2 heterocycles. The molecule has 148 valence electrons. The molecule has 2 aliphatic rings. The zero-order valence-corrected chi connectivity index (χ0v) is 15.6. The molecule has 1 fully saturated rings. The molecule has 28 heavy (non-hydrogen) atoms. The molecular weight excluding hydrogens is 365 g/mol. The first-order chi connectivity index (χ1) is 13.6. The number of fused-ring (bicyclic) bond motifs is 1. The number of halogens is 1. The van der Waals surface area contributed by atoms with Crippen molar-refractivity contribution in [3.05, 3.63) is 53.8 Å². The third kappa shape index (κ3) is 3.83. The molecular formula is C21H22FNO5. The topological polar surface area (TPSA) is 57.2 Å². The number of amides is 1. The molecule has 2 aromatic carbocycles. The number of carbonyl (C=O) groups is 1. The Morgan fingerprint density at radius 1 is 1.18 bits per heavy atom. The second-order valence-corrected chi connectivity index (χ2v) is 6.95. The van der Waals surface area contributed by atoms with Crippen molar-refractivity contribution in [3.63, 3.8) is 0 Å². The number of hydrogen-bond acceptors (Lipinski definition) is 5. The van der Waals surface area contributed by atoms with E-state index < -0.39 is 0 Å². The third-order valence-electron chi connectivity index (χ3n) is 5.27. The van der Waals surface area contributed by atoms with E-state index in [4.69, 9.17) is 18.9 Å². The average molecular weight is 387 g/mol. The summed E-state index contributed by atoms with van der Waals surface area (Å²) in [6, 6.07) is 12.0. The minimum Gasteiger partial charge on any atom is -0.493 e. The first kappa shape index (κ1) is 18.4. The van der Waals surface area contributed by atoms with Gasteiger partial charge in [0.15, 0.2) is 11.5 Å². The maximum Gasteiger partial charge on any atom is 0.409 e. The van der Waals surface area contributed by atoms with Crippen molar-refractivity contribution in [3.8, 4) is 17.2 Å². The van der Waals surface area contributed by atoms with E-state index in [1.165, 1.54) is 19.2 Å². The normalized spacial score (nSPS) is 20.7. The third-order valence-corrected chi connectivity index (χ3v) is 5.27. The van der Waals surface area contributed by atoms with Crippen LogP contribution in [0, 0.1) is 11.7 Å². The maximum atomic E-state index is 13.3. The molecule has 2 aliphatic heterocycles. The molecule has 0 aliphatic carbocycles. The maximum absolute atomic E-state index is 13.3. The molecule has 0 radical (unpaired) electrons. The van der Waals surface area contributed by atoms with E-state index in [0.717, 1.165) is 12.0 Å². The average Bonchev–Trinajstić information content (AvgIpc) is 3.20. The van der Waals surface area contributed by atoms with Gasteiger partial charge in [-0.1, -0.05) is 12.1 Å². The number of likely N-dealkylation sites (tertiary alicyclic amines) is 1. The van der Waals surface area contributed by atoms with Crippen molar-refractivity contribution in [2.45, 2.75) is 12.3 Å². The monoisotopic (exact) mass is 387 g/mol. The fourth-order valence-electron chi connectivity index (χ4n) is 3.81. The largest absolute Gasteiger partial charge is 0.493 e. The van der Waals surface area contributed by atoms with E-state index >= 15 is 0 Å². The van der Waals surface area contributed by atoms with Gasteiger partial charge >= 0.3 is 6.09 Å². The van der Waals surface area contributed by atoms with Crippen LogP contribution in [0.4, 0.5) is 9.18 Å². The Hall–Kier alpha value is -2.96. The summed E-state index contributed by atoms with van der Waals surface area (Å²) < 4.78 is 34.9. The molecule has 0 aromatic heterocycles. The lowest BCUT2D eigenvalue weighted by molar-refractivity contribution is 0.0814. The lowest BCUT2D eigenvalue weighted by atomic mass is 9.81. The number of ether oxygens (including phenoxy) is 4. The number of nitrogens with zero attached hydrogens (tertiary/aromatic N) is 1. The van der Waals surface area contributed by atoms with Crippen LogP contribution in [-0.4, -0.2) is 44.6 Å². The Morgan fingerprint density at radius 2 is 1.96 bits per heavy atom. The quantitative estimate of drug-likeness (QED) is 0.799. The second-order valence-electron chi connectivity index (χ2n) is 6.95. The van der Waals surface area contributed by atoms with Gasteiger partial charge in [-0.2, -0.15) is 0 Å². The van der Waals surface area contributed by atoms with Crippen molar-refractivity contribution in [1.29, 1.82) is 0 Å². The molecule has 0 bridgehead atoms. The van der Waals surface area contributed by atoms with Crippen LogP contribution in [0.1, 0.15) is 17.9 Å². The first-order valence-corrected chi connectivity index (χ1v) is 9.25. The summed E-state index contributed by atoms with van der Waals surface area (Å²) in [7, 11) is 1.38. The van der Waals surface area contributed by atoms with Gasteiger partial charge < -0.3 is 23.8 Å². The zero-order valence-electron chi connectivity index (χ0n) is 15.6. The van der Waals surface area contributed by atoms with E-state index in [0.29, 0.717) is 36.9 Å². The van der Waals surface area contributed by atoms with Gasteiger partial charge in [-0.3, -0.25) is 0 Å². The van der Waals surface area contributed by atoms with Gasteiger partial charge in [-0.05, 0) is 42.2 Å². The van der Waals surface area contributed by atoms with Crippen LogP contribution in [0.5, 0.6) is 17.2 Å². The fourth-order valence-corrected chi connectivity index (χ4v) is 3.81. The molecule has 2 atom stereocenters. The zero-order chi connectivity index (χ0) is 19.5. The molecule has 6 nitrogen and oxygen atoms in total. The SMILES string of the molecule is COC(=O)N1CC[C@@H](c2ccc(F)cc2)[C@H](COc2ccc3c(c2)OCO3)C1. The van der Waals surface area contributed by atoms with Gasteiger partial charge in [0, 0.05) is 25.1 Å². The van der Waals surface area contributed by atoms with Crippen molar-refractivity contribution in [2.24, 2.45) is 5.92 Å². The minimum absolute atomic E-state index is 0.0451. The highest BCUT2D eigenvalue weighted by molar-refractivity contribution is 5.67. The predicted molar refractivity (Wildman–Crippen MR) is 99.3 cm³/mol. The smallest absolute Gasteiger partial charge is 0.409 e. The van der Waals surface area contributed by atoms with Crippen LogP contribution in [0.3, 0.4) is 0 Å². The van der Waals surface area contributed by atoms with Gasteiger partial charge in [0.1, 0.15) is 11.6 Å². The summed E-state index contributed by atoms with van der Waals surface area (Å²) in [5.41, 5.74) is 1.05. The summed E-state index contributed by atoms with van der Waals surface area (Å²) >= 11 is 0. The van der Waals surface area contributed by atoms with Crippen LogP contribution in [0.25, 0.3) is 0 Å². The molecule has 0 unspecified atom stereocenters. The van der Waals surface area contributed by atoms with E-state index in [-0.39, 0.29) is 30.5 Å². The van der Waals surface area contributed by atoms with Crippen molar-refractivity contribution >= 4 is 6.09 Å². The Kier molecular flexibility index (Phi) is 5.23. The highest BCUT2D eigenvalue weighted by Crippen LogP contribution is 2.37. The molecule has 1 amide bonds. The summed E-state index contributed by atoms with van der Waals surface area (Å²) in [6.45, 7) is 1.73. The van der Waals surface area contributed by atoms with E-state index in [1.54, 1.807) is 23.1 Å². The Bertz CT molecular complexity index is 841. The number of piperidine rings is 1. The molecule has 0 saturated carbocycles. The van der Waals surface area contributed by atoms with E-state index in [9.17, 15) is 9.18 Å². The summed E-state index contributed by atoms with van der Waals surface area (Å²) in [6.07, 6.45) is 0.418. The molecule has 7 heteroatoms. The van der Waals surface area contributed by atoms with Gasteiger partial charge in [0.2, 0.25) is 6.79 Å². The summed E-state index contributed by atoms with van der Waals surface area (Å²) in [4.78, 5) is 13.7. The van der Waals surface area contributed by atoms with Gasteiger partial charge in [-0.15, -0.1) is 0 Å². The van der Waals surface area contributed by atoms with Crippen LogP contribution in [0.15, 0.2) is 42.5 Å². The standard InChI is InChI=1S/C21H22FNO5/c1-25-21(24)23-9-8-18(14-2-4-16(22)5-3-14)15(11-23)12-26-17-6-7-19-20(10-17)28-13-27-19/h2-7,10,15,18H,8-9,11-13H2,1H3/t15-,18-/m0/s1. The minimum atomic E-state index is -0.342. The Labute approximate surface area is 162 Å². The van der Waals surface area contributed by atoms with E-state index in [1.807, 2.05) is 12.1 Å². The molecule has 1 saturated heterocycles. The lowest BCUT2D eigenvalue weighted by Crippen LogP contribution is -2.44. The van der Waals surface area contributed by atoms with Crippen molar-refractivity contribution in [2.75, 3.05) is 33.6 Å². The highest BCUT2D eigenvalue weighted by atomic mass is 19.1. The molecule has 0 spiro atoms. The second kappa shape index (κ2) is 7.96. The number of rotatable bonds is 4. The van der Waals surface area contributed by atoms with Crippen LogP contribution < -0.4 is 14.2 Å². The number of benzene rings is 2. The van der Waals surface area contributed by atoms with E-state index in [2.05, 4.69) is 0 Å². The molecule has 0 N–H and O–H groups in total. The lowest BCUT2D eigenvalue weighted by Gasteiger charge is -2.38.